The number of hydrogen-bond donors (Lipinski definition) is 1. The third-order valence-electron chi connectivity index (χ3n) is 6.71. The molecule has 168 valence electrons. The van der Waals surface area contributed by atoms with E-state index in [1.165, 1.54) is 4.31 Å². The third-order valence-corrected chi connectivity index (χ3v) is 8.84. The van der Waals surface area contributed by atoms with E-state index in [0.717, 1.165) is 36.5 Å². The van der Waals surface area contributed by atoms with E-state index in [0.29, 0.717) is 50.1 Å². The van der Waals surface area contributed by atoms with Gasteiger partial charge in [-0.15, -0.1) is 0 Å². The quantitative estimate of drug-likeness (QED) is 0.752. The molecule has 1 saturated carbocycles. The summed E-state index contributed by atoms with van der Waals surface area (Å²) < 4.78 is 28.1. The zero-order chi connectivity index (χ0) is 22.0. The SMILES string of the molecule is NCC1CCC(C(=O)N2CCCN(S(=O)(=O)c3ccc4cc(Cl)ccc4c3)CC2)CC1. The van der Waals surface area contributed by atoms with Gasteiger partial charge in [-0.05, 0) is 79.6 Å². The predicted octanol–water partition coefficient (Wildman–Crippen LogP) is 3.48. The summed E-state index contributed by atoms with van der Waals surface area (Å²) >= 11 is 6.03. The summed E-state index contributed by atoms with van der Waals surface area (Å²) in [6, 6.07) is 10.5. The first-order valence-electron chi connectivity index (χ1n) is 11.1. The van der Waals surface area contributed by atoms with Gasteiger partial charge in [-0.2, -0.15) is 4.31 Å². The van der Waals surface area contributed by atoms with Crippen LogP contribution < -0.4 is 5.73 Å². The number of carbonyl (C=O) groups excluding carboxylic acids is 1. The molecular weight excluding hydrogens is 434 g/mol. The van der Waals surface area contributed by atoms with E-state index in [9.17, 15) is 13.2 Å². The Bertz CT molecular complexity index is 1050. The largest absolute Gasteiger partial charge is 0.341 e. The number of hydrogen-bond acceptors (Lipinski definition) is 4. The van der Waals surface area contributed by atoms with E-state index >= 15 is 0 Å². The van der Waals surface area contributed by atoms with E-state index < -0.39 is 10.0 Å². The summed E-state index contributed by atoms with van der Waals surface area (Å²) in [5.41, 5.74) is 5.77. The van der Waals surface area contributed by atoms with Crippen LogP contribution in [0.2, 0.25) is 5.02 Å². The molecule has 1 heterocycles. The molecule has 0 unspecified atom stereocenters. The van der Waals surface area contributed by atoms with E-state index in [1.54, 1.807) is 24.3 Å². The second-order valence-corrected chi connectivity index (χ2v) is 11.1. The van der Waals surface area contributed by atoms with Crippen LogP contribution in [0, 0.1) is 11.8 Å². The van der Waals surface area contributed by atoms with Crippen molar-refractivity contribution in [1.29, 1.82) is 0 Å². The smallest absolute Gasteiger partial charge is 0.243 e. The maximum absolute atomic E-state index is 13.3. The lowest BCUT2D eigenvalue weighted by Crippen LogP contribution is -2.41. The molecule has 2 N–H and O–H groups in total. The van der Waals surface area contributed by atoms with E-state index in [2.05, 4.69) is 0 Å². The van der Waals surface area contributed by atoms with Crippen molar-refractivity contribution >= 4 is 38.3 Å². The number of amides is 1. The molecule has 0 radical (unpaired) electrons. The maximum atomic E-state index is 13.3. The number of benzene rings is 2. The highest BCUT2D eigenvalue weighted by Gasteiger charge is 2.32. The summed E-state index contributed by atoms with van der Waals surface area (Å²) in [5.74, 6) is 0.766. The molecule has 6 nitrogen and oxygen atoms in total. The minimum atomic E-state index is -3.62. The van der Waals surface area contributed by atoms with Crippen molar-refractivity contribution < 1.29 is 13.2 Å². The summed E-state index contributed by atoms with van der Waals surface area (Å²) in [5, 5.41) is 2.37. The molecule has 0 bridgehead atoms. The monoisotopic (exact) mass is 463 g/mol. The van der Waals surface area contributed by atoms with Crippen LogP contribution in [0.25, 0.3) is 10.8 Å². The van der Waals surface area contributed by atoms with Crippen molar-refractivity contribution in [1.82, 2.24) is 9.21 Å². The van der Waals surface area contributed by atoms with Crippen LogP contribution in [0.5, 0.6) is 0 Å². The number of carbonyl (C=O) groups is 1. The molecule has 1 aliphatic carbocycles. The first-order valence-corrected chi connectivity index (χ1v) is 12.9. The van der Waals surface area contributed by atoms with Crippen LogP contribution >= 0.6 is 11.6 Å². The second kappa shape index (κ2) is 9.45. The molecule has 31 heavy (non-hydrogen) atoms. The Morgan fingerprint density at radius 1 is 0.968 bits per heavy atom. The predicted molar refractivity (Wildman–Crippen MR) is 123 cm³/mol. The van der Waals surface area contributed by atoms with Gasteiger partial charge in [0.25, 0.3) is 0 Å². The van der Waals surface area contributed by atoms with E-state index in [-0.39, 0.29) is 16.7 Å². The van der Waals surface area contributed by atoms with Gasteiger partial charge in [0.05, 0.1) is 4.90 Å². The van der Waals surface area contributed by atoms with E-state index in [1.807, 2.05) is 17.0 Å². The molecule has 2 fully saturated rings. The van der Waals surface area contributed by atoms with Gasteiger partial charge in [-0.1, -0.05) is 23.7 Å². The lowest BCUT2D eigenvalue weighted by Gasteiger charge is -2.31. The lowest BCUT2D eigenvalue weighted by molar-refractivity contribution is -0.136. The topological polar surface area (TPSA) is 83.7 Å². The van der Waals surface area contributed by atoms with Gasteiger partial charge >= 0.3 is 0 Å². The average Bonchev–Trinajstić information content (AvgIpc) is 3.05. The molecule has 2 aromatic rings. The Morgan fingerprint density at radius 3 is 2.42 bits per heavy atom. The minimum Gasteiger partial charge on any atom is -0.341 e. The minimum absolute atomic E-state index is 0.0540. The molecule has 2 aromatic carbocycles. The fourth-order valence-electron chi connectivity index (χ4n) is 4.76. The van der Waals surface area contributed by atoms with Gasteiger partial charge < -0.3 is 10.6 Å². The van der Waals surface area contributed by atoms with Crippen LogP contribution in [0.1, 0.15) is 32.1 Å². The molecule has 0 atom stereocenters. The number of fused-ring (bicyclic) bond motifs is 1. The molecule has 1 saturated heterocycles. The second-order valence-electron chi connectivity index (χ2n) is 8.69. The summed E-state index contributed by atoms with van der Waals surface area (Å²) in [4.78, 5) is 15.2. The fraction of sp³-hybridized carbons (Fsp3) is 0.522. The van der Waals surface area contributed by atoms with E-state index in [4.69, 9.17) is 17.3 Å². The Morgan fingerprint density at radius 2 is 1.68 bits per heavy atom. The number of halogens is 1. The molecule has 1 aliphatic heterocycles. The van der Waals surface area contributed by atoms with Gasteiger partial charge in [0.2, 0.25) is 15.9 Å². The fourth-order valence-corrected chi connectivity index (χ4v) is 6.45. The van der Waals surface area contributed by atoms with Crippen molar-refractivity contribution in [3.63, 3.8) is 0 Å². The maximum Gasteiger partial charge on any atom is 0.243 e. The summed E-state index contributed by atoms with van der Waals surface area (Å²) in [6.07, 6.45) is 4.44. The molecule has 0 spiro atoms. The van der Waals surface area contributed by atoms with Crippen LogP contribution in [-0.4, -0.2) is 56.3 Å². The number of nitrogens with zero attached hydrogens (tertiary/aromatic N) is 2. The number of sulfonamides is 1. The molecule has 8 heteroatoms. The standard InChI is InChI=1S/C23H30ClN3O3S/c24-21-8-6-20-15-22(9-7-19(20)14-21)31(29,30)27-11-1-10-26(12-13-27)23(28)18-4-2-17(16-25)3-5-18/h6-9,14-15,17-18H,1-5,10-13,16,25H2. The van der Waals surface area contributed by atoms with Crippen LogP contribution in [0.4, 0.5) is 0 Å². The van der Waals surface area contributed by atoms with Gasteiger partial charge in [0.1, 0.15) is 0 Å². The van der Waals surface area contributed by atoms with Crippen LogP contribution in [0.3, 0.4) is 0 Å². The molecule has 0 aromatic heterocycles. The van der Waals surface area contributed by atoms with Crippen molar-refractivity contribution in [3.8, 4) is 0 Å². The Labute approximate surface area is 189 Å². The summed E-state index contributed by atoms with van der Waals surface area (Å²) in [6.45, 7) is 2.49. The molecule has 1 amide bonds. The van der Waals surface area contributed by atoms with Crippen molar-refractivity contribution in [2.45, 2.75) is 37.0 Å². The highest BCUT2D eigenvalue weighted by molar-refractivity contribution is 7.89. The molecule has 4 rings (SSSR count). The van der Waals surface area contributed by atoms with Gasteiger partial charge in [0.15, 0.2) is 0 Å². The Hall–Kier alpha value is -1.67. The average molecular weight is 464 g/mol. The first-order chi connectivity index (χ1) is 14.9. The third kappa shape index (κ3) is 4.90. The van der Waals surface area contributed by atoms with Gasteiger partial charge in [-0.3, -0.25) is 4.79 Å². The number of nitrogens with two attached hydrogens (primary N) is 1. The van der Waals surface area contributed by atoms with Crippen molar-refractivity contribution in [2.75, 3.05) is 32.7 Å². The normalized spacial score (nSPS) is 23.6. The first kappa shape index (κ1) is 22.5. The molecular formula is C23H30ClN3O3S. The number of rotatable bonds is 4. The zero-order valence-corrected chi connectivity index (χ0v) is 19.2. The van der Waals surface area contributed by atoms with Crippen molar-refractivity contribution in [2.24, 2.45) is 17.6 Å². The highest BCUT2D eigenvalue weighted by Crippen LogP contribution is 2.30. The zero-order valence-electron chi connectivity index (χ0n) is 17.7. The Kier molecular flexibility index (Phi) is 6.86. The van der Waals surface area contributed by atoms with Gasteiger partial charge in [-0.25, -0.2) is 8.42 Å². The summed E-state index contributed by atoms with van der Waals surface area (Å²) in [7, 11) is -3.62. The van der Waals surface area contributed by atoms with Gasteiger partial charge in [0, 0.05) is 37.1 Å². The lowest BCUT2D eigenvalue weighted by atomic mass is 9.81. The Balaban J connectivity index is 1.44. The van der Waals surface area contributed by atoms with Crippen LogP contribution in [0.15, 0.2) is 41.3 Å². The molecule has 2 aliphatic rings. The highest BCUT2D eigenvalue weighted by atomic mass is 35.5. The van der Waals surface area contributed by atoms with Crippen molar-refractivity contribution in [3.05, 3.63) is 41.4 Å². The van der Waals surface area contributed by atoms with Crippen LogP contribution in [-0.2, 0) is 14.8 Å².